The van der Waals surface area contributed by atoms with Gasteiger partial charge in [0.25, 0.3) is 5.91 Å². The molecule has 1 saturated heterocycles. The number of likely N-dealkylation sites (N-methyl/N-ethyl adjacent to an activating group) is 1. The molecule has 3 rings (SSSR count). The minimum Gasteiger partial charge on any atom is -0.496 e. The molecule has 1 aromatic heterocycles. The summed E-state index contributed by atoms with van der Waals surface area (Å²) in [4.78, 5) is 42.5. The lowest BCUT2D eigenvalue weighted by Crippen LogP contribution is -3.06. The molecule has 2 heterocycles. The van der Waals surface area contributed by atoms with Gasteiger partial charge in [0.1, 0.15) is 11.7 Å². The number of hydrogen-bond acceptors (Lipinski definition) is 5. The Bertz CT molecular complexity index is 892. The van der Waals surface area contributed by atoms with Gasteiger partial charge in [-0.2, -0.15) is 0 Å². The van der Waals surface area contributed by atoms with Crippen LogP contribution in [-0.2, 0) is 9.59 Å². The summed E-state index contributed by atoms with van der Waals surface area (Å²) in [5.74, 6) is -1.84. The number of ether oxygens (including phenoxy) is 1. The fraction of sp³-hybridized carbons (Fsp3) is 0.381. The first-order valence-electron chi connectivity index (χ1n) is 9.21. The summed E-state index contributed by atoms with van der Waals surface area (Å²) < 4.78 is 5.25. The molecule has 1 fully saturated rings. The number of nitrogens with one attached hydrogen (secondary N) is 1. The number of carbonyl (C=O) groups is 3. The van der Waals surface area contributed by atoms with Crippen LogP contribution in [-0.4, -0.2) is 56.7 Å². The topological polar surface area (TPSA) is 68.1 Å². The zero-order valence-corrected chi connectivity index (χ0v) is 17.3. The van der Waals surface area contributed by atoms with E-state index >= 15 is 0 Å². The second kappa shape index (κ2) is 8.24. The highest BCUT2D eigenvalue weighted by atomic mass is 32.1. The summed E-state index contributed by atoms with van der Waals surface area (Å²) in [7, 11) is 5.55. The van der Waals surface area contributed by atoms with Gasteiger partial charge in [0.2, 0.25) is 5.78 Å². The fourth-order valence-electron chi connectivity index (χ4n) is 3.56. The van der Waals surface area contributed by atoms with E-state index in [-0.39, 0.29) is 5.78 Å². The molecule has 0 spiro atoms. The number of rotatable bonds is 7. The van der Waals surface area contributed by atoms with Crippen LogP contribution in [0.15, 0.2) is 35.7 Å². The smallest absolute Gasteiger partial charge is 0.291 e. The molecule has 0 radical (unpaired) electrons. The highest BCUT2D eigenvalue weighted by molar-refractivity contribution is 7.10. The van der Waals surface area contributed by atoms with Gasteiger partial charge in [-0.1, -0.05) is 6.07 Å². The predicted molar refractivity (Wildman–Crippen MR) is 107 cm³/mol. The Kier molecular flexibility index (Phi) is 5.96. The maximum Gasteiger partial charge on any atom is 0.291 e. The fourth-order valence-corrected chi connectivity index (χ4v) is 4.43. The van der Waals surface area contributed by atoms with Crippen LogP contribution in [0.3, 0.4) is 0 Å². The van der Waals surface area contributed by atoms with Gasteiger partial charge in [0.05, 0.1) is 40.3 Å². The van der Waals surface area contributed by atoms with Crippen molar-refractivity contribution < 1.29 is 24.0 Å². The molecule has 2 atom stereocenters. The number of quaternary nitrogens is 1. The number of likely N-dealkylation sites (tertiary alicyclic amines) is 1. The first kappa shape index (κ1) is 20.2. The van der Waals surface area contributed by atoms with Gasteiger partial charge in [0, 0.05) is 10.4 Å². The maximum absolute atomic E-state index is 13.3. The molecule has 148 valence electrons. The van der Waals surface area contributed by atoms with Crippen LogP contribution < -0.4 is 9.64 Å². The van der Waals surface area contributed by atoms with E-state index in [0.717, 1.165) is 10.4 Å². The third kappa shape index (κ3) is 3.72. The number of carbonyl (C=O) groups excluding carboxylic acids is 3. The van der Waals surface area contributed by atoms with Crippen molar-refractivity contribution in [3.05, 3.63) is 51.7 Å². The van der Waals surface area contributed by atoms with Crippen molar-refractivity contribution in [3.8, 4) is 5.75 Å². The molecule has 1 aromatic carbocycles. The molecule has 0 bridgehead atoms. The number of hydrogen-bond donors (Lipinski definition) is 1. The highest BCUT2D eigenvalue weighted by Crippen LogP contribution is 2.40. The summed E-state index contributed by atoms with van der Waals surface area (Å²) in [6.45, 7) is 2.98. The minimum absolute atomic E-state index is 0.317. The molecule has 6 nitrogen and oxygen atoms in total. The SMILES string of the molecule is COc1ccc(C(=O)C2C(=O)C(=O)N(CC[NH+](C)C)C2c2cccs2)cc1C. The minimum atomic E-state index is -1.02. The normalized spacial score (nSPS) is 19.5. The number of nitrogens with zero attached hydrogens (tertiary/aromatic N) is 1. The number of methoxy groups -OCH3 is 1. The largest absolute Gasteiger partial charge is 0.496 e. The lowest BCUT2D eigenvalue weighted by Gasteiger charge is -2.26. The van der Waals surface area contributed by atoms with E-state index in [2.05, 4.69) is 0 Å². The second-order valence-corrected chi connectivity index (χ2v) is 8.29. The van der Waals surface area contributed by atoms with E-state index in [1.807, 2.05) is 38.5 Å². The molecular weight excluding hydrogens is 376 g/mol. The second-order valence-electron chi connectivity index (χ2n) is 7.31. The molecule has 0 saturated carbocycles. The number of benzene rings is 1. The van der Waals surface area contributed by atoms with Gasteiger partial charge in [-0.05, 0) is 42.1 Å². The third-order valence-electron chi connectivity index (χ3n) is 5.05. The Morgan fingerprint density at radius 1 is 1.25 bits per heavy atom. The van der Waals surface area contributed by atoms with Crippen LogP contribution in [0.4, 0.5) is 0 Å². The summed E-state index contributed by atoms with van der Waals surface area (Å²) in [6, 6.07) is 8.31. The molecule has 1 amide bonds. The first-order chi connectivity index (χ1) is 13.3. The van der Waals surface area contributed by atoms with Crippen molar-refractivity contribution in [1.29, 1.82) is 0 Å². The predicted octanol–water partition coefficient (Wildman–Crippen LogP) is 1.16. The van der Waals surface area contributed by atoms with Crippen molar-refractivity contribution in [2.75, 3.05) is 34.3 Å². The third-order valence-corrected chi connectivity index (χ3v) is 6.00. The number of Topliss-reactive ketones (excluding diaryl/α,β-unsaturated/α-hetero) is 2. The standard InChI is InChI=1S/C21H24N2O4S/c1-13-12-14(7-8-15(13)27-4)19(24)17-18(16-6-5-11-28-16)23(10-9-22(2)3)21(26)20(17)25/h5-8,11-12,17-18H,9-10H2,1-4H3/p+1. The zero-order chi connectivity index (χ0) is 20.4. The zero-order valence-electron chi connectivity index (χ0n) is 16.5. The van der Waals surface area contributed by atoms with Crippen molar-refractivity contribution in [3.63, 3.8) is 0 Å². The molecule has 2 aromatic rings. The number of ketones is 2. The van der Waals surface area contributed by atoms with Crippen molar-refractivity contribution >= 4 is 28.8 Å². The van der Waals surface area contributed by atoms with Crippen molar-refractivity contribution in [2.24, 2.45) is 5.92 Å². The lowest BCUT2D eigenvalue weighted by atomic mass is 9.88. The van der Waals surface area contributed by atoms with Crippen LogP contribution in [0.25, 0.3) is 0 Å². The van der Waals surface area contributed by atoms with Crippen LogP contribution in [0.1, 0.15) is 26.8 Å². The van der Waals surface area contributed by atoms with E-state index in [4.69, 9.17) is 4.74 Å². The van der Waals surface area contributed by atoms with Gasteiger partial charge >= 0.3 is 0 Å². The Hall–Kier alpha value is -2.51. The first-order valence-corrected chi connectivity index (χ1v) is 10.1. The van der Waals surface area contributed by atoms with Gasteiger partial charge in [-0.3, -0.25) is 14.4 Å². The molecular formula is C21H25N2O4S+. The van der Waals surface area contributed by atoms with Crippen LogP contribution >= 0.6 is 11.3 Å². The molecule has 7 heteroatoms. The summed E-state index contributed by atoms with van der Waals surface area (Å²) in [5, 5.41) is 1.90. The Morgan fingerprint density at radius 3 is 2.57 bits per heavy atom. The van der Waals surface area contributed by atoms with Gasteiger partial charge in [-0.25, -0.2) is 0 Å². The van der Waals surface area contributed by atoms with Crippen molar-refractivity contribution in [1.82, 2.24) is 4.90 Å². The lowest BCUT2D eigenvalue weighted by molar-refractivity contribution is -0.857. The van der Waals surface area contributed by atoms with Gasteiger partial charge in [0.15, 0.2) is 5.78 Å². The molecule has 28 heavy (non-hydrogen) atoms. The number of amides is 1. The summed E-state index contributed by atoms with van der Waals surface area (Å²) in [5.41, 5.74) is 1.23. The van der Waals surface area contributed by atoms with Crippen LogP contribution in [0, 0.1) is 12.8 Å². The molecule has 1 N–H and O–H groups in total. The van der Waals surface area contributed by atoms with Crippen LogP contribution in [0.5, 0.6) is 5.75 Å². The van der Waals surface area contributed by atoms with E-state index in [9.17, 15) is 14.4 Å². The van der Waals surface area contributed by atoms with E-state index in [0.29, 0.717) is 24.4 Å². The Balaban J connectivity index is 1.99. The average molecular weight is 402 g/mol. The van der Waals surface area contributed by atoms with Crippen molar-refractivity contribution in [2.45, 2.75) is 13.0 Å². The van der Waals surface area contributed by atoms with E-state index < -0.39 is 23.7 Å². The maximum atomic E-state index is 13.3. The molecule has 0 aliphatic carbocycles. The molecule has 1 aliphatic heterocycles. The Morgan fingerprint density at radius 2 is 2.00 bits per heavy atom. The average Bonchev–Trinajstić information content (AvgIpc) is 3.27. The quantitative estimate of drug-likeness (QED) is 0.430. The van der Waals surface area contributed by atoms with E-state index in [1.54, 1.807) is 30.2 Å². The monoisotopic (exact) mass is 401 g/mol. The highest BCUT2D eigenvalue weighted by Gasteiger charge is 2.52. The number of thiophene rings is 1. The molecule has 2 unspecified atom stereocenters. The van der Waals surface area contributed by atoms with E-state index in [1.165, 1.54) is 16.2 Å². The summed E-state index contributed by atoms with van der Waals surface area (Å²) >= 11 is 1.46. The molecule has 1 aliphatic rings. The number of aryl methyl sites for hydroxylation is 1. The van der Waals surface area contributed by atoms with Gasteiger partial charge in [-0.15, -0.1) is 11.3 Å². The van der Waals surface area contributed by atoms with Crippen LogP contribution in [0.2, 0.25) is 0 Å². The van der Waals surface area contributed by atoms with Gasteiger partial charge < -0.3 is 14.5 Å². The summed E-state index contributed by atoms with van der Waals surface area (Å²) in [6.07, 6.45) is 0. The Labute approximate surface area is 168 Å².